The lowest BCUT2D eigenvalue weighted by molar-refractivity contribution is -0.362. The van der Waals surface area contributed by atoms with Gasteiger partial charge in [0.15, 0.2) is 6.29 Å². The highest BCUT2D eigenvalue weighted by molar-refractivity contribution is 8.13. The summed E-state index contributed by atoms with van der Waals surface area (Å²) in [5.74, 6) is -0.583. The normalized spacial score (nSPS) is 23.8. The van der Waals surface area contributed by atoms with Crippen LogP contribution in [0.3, 0.4) is 0 Å². The van der Waals surface area contributed by atoms with Crippen molar-refractivity contribution >= 4 is 19.7 Å². The van der Waals surface area contributed by atoms with Crippen molar-refractivity contribution in [1.82, 2.24) is 0 Å². The number of ether oxygens (including phenoxy) is 10. The number of hydrogen-bond acceptors (Lipinski definition) is 12. The van der Waals surface area contributed by atoms with E-state index in [0.717, 1.165) is 38.9 Å². The zero-order chi connectivity index (χ0) is 52.2. The van der Waals surface area contributed by atoms with Crippen LogP contribution in [0, 0.1) is 0 Å². The van der Waals surface area contributed by atoms with Crippen LogP contribution in [-0.4, -0.2) is 88.6 Å². The first-order chi connectivity index (χ1) is 37.3. The maximum atomic E-state index is 13.2. The minimum absolute atomic E-state index is 0.0440. The molecule has 2 aliphatic heterocycles. The van der Waals surface area contributed by atoms with Gasteiger partial charge in [-0.05, 0) is 38.9 Å². The van der Waals surface area contributed by atoms with Gasteiger partial charge >= 0.3 is 0 Å². The molecule has 0 bridgehead atoms. The molecule has 2 heterocycles. The fraction of sp³-hybridized carbons (Fsp3) is 0.323. The van der Waals surface area contributed by atoms with Crippen molar-refractivity contribution in [2.24, 2.45) is 0 Å². The molecule has 7 aromatic rings. The van der Waals surface area contributed by atoms with Crippen LogP contribution < -0.4 is 0 Å². The second kappa shape index (κ2) is 28.7. The Bertz CT molecular complexity index is 2830. The predicted octanol–water partition coefficient (Wildman–Crippen LogP) is 10.8. The van der Waals surface area contributed by atoms with Gasteiger partial charge in [0, 0.05) is 10.7 Å². The summed E-state index contributed by atoms with van der Waals surface area (Å²) in [4.78, 5) is 0. The molecule has 9 rings (SSSR count). The molecule has 0 radical (unpaired) electrons. The van der Waals surface area contributed by atoms with Crippen molar-refractivity contribution in [2.75, 3.05) is 19.0 Å². The molecule has 398 valence electrons. The highest BCUT2D eigenvalue weighted by atomic mass is 35.7. The minimum Gasteiger partial charge on any atom is -0.374 e. The first-order valence-corrected chi connectivity index (χ1v) is 28.2. The summed E-state index contributed by atoms with van der Waals surface area (Å²) in [6.45, 7) is 1.40. The van der Waals surface area contributed by atoms with Gasteiger partial charge in [0.2, 0.25) is 9.05 Å². The highest BCUT2D eigenvalue weighted by Gasteiger charge is 2.55. The molecule has 7 aromatic carbocycles. The zero-order valence-electron chi connectivity index (χ0n) is 42.2. The molecular formula is C62H65ClO12S. The first-order valence-electron chi connectivity index (χ1n) is 25.7. The van der Waals surface area contributed by atoms with Crippen molar-refractivity contribution in [2.45, 2.75) is 107 Å². The number of benzene rings is 7. The van der Waals surface area contributed by atoms with Crippen LogP contribution >= 0.6 is 10.7 Å². The van der Waals surface area contributed by atoms with Crippen molar-refractivity contribution in [1.29, 1.82) is 0 Å². The molecule has 0 amide bonds. The lowest BCUT2D eigenvalue weighted by Gasteiger charge is -2.50. The van der Waals surface area contributed by atoms with Gasteiger partial charge < -0.3 is 47.4 Å². The van der Waals surface area contributed by atoms with E-state index in [1.54, 1.807) is 0 Å². The molecule has 0 aromatic heterocycles. The van der Waals surface area contributed by atoms with E-state index in [9.17, 15) is 8.42 Å². The van der Waals surface area contributed by atoms with E-state index in [0.29, 0.717) is 6.61 Å². The summed E-state index contributed by atoms with van der Waals surface area (Å²) in [5, 5.41) is 0. The van der Waals surface area contributed by atoms with Crippen LogP contribution in [0.1, 0.15) is 38.9 Å². The largest absolute Gasteiger partial charge is 0.374 e. The van der Waals surface area contributed by atoms with Crippen molar-refractivity contribution in [3.8, 4) is 0 Å². The van der Waals surface area contributed by atoms with E-state index < -0.39 is 76.0 Å². The quantitative estimate of drug-likeness (QED) is 0.0455. The third kappa shape index (κ3) is 16.7. The molecule has 76 heavy (non-hydrogen) atoms. The number of hydrogen-bond donors (Lipinski definition) is 0. The lowest BCUT2D eigenvalue weighted by Crippen LogP contribution is -2.66. The fourth-order valence-electron chi connectivity index (χ4n) is 9.42. The van der Waals surface area contributed by atoms with Crippen LogP contribution in [0.15, 0.2) is 212 Å². The standard InChI is InChI=1S/C62H65ClO12S/c63-76(64,65)45-55-57(69-39-49-28-14-4-15-29-49)59(70-40-50-30-16-5-17-31-50)58(54(73-55)44-67-37-47-24-10-2-11-25-47)75-62-61(72-42-52-34-20-7-21-35-52)60(71-41-51-32-18-6-19-33-51)56(68-38-48-26-12-3-13-27-48)53(74-62)43-66-36-46-22-8-1-9-23-46/h1-35,53-62H,36-45H2. The fourth-order valence-corrected chi connectivity index (χ4v) is 10.5. The first kappa shape index (κ1) is 55.1. The van der Waals surface area contributed by atoms with E-state index in [-0.39, 0.29) is 52.9 Å². The smallest absolute Gasteiger partial charge is 0.235 e. The molecule has 14 heteroatoms. The third-order valence-electron chi connectivity index (χ3n) is 13.2. The Morgan fingerprint density at radius 3 is 0.947 bits per heavy atom. The average molecular weight is 1070 g/mol. The van der Waals surface area contributed by atoms with E-state index >= 15 is 0 Å². The Hall–Kier alpha value is -5.62. The summed E-state index contributed by atoms with van der Waals surface area (Å²) in [5.41, 5.74) is 6.45. The van der Waals surface area contributed by atoms with Gasteiger partial charge in [-0.15, -0.1) is 0 Å². The van der Waals surface area contributed by atoms with E-state index in [1.165, 1.54) is 0 Å². The summed E-state index contributed by atoms with van der Waals surface area (Å²) in [7, 11) is 1.95. The lowest BCUT2D eigenvalue weighted by atomic mass is 9.93. The van der Waals surface area contributed by atoms with Crippen molar-refractivity contribution in [3.63, 3.8) is 0 Å². The molecule has 12 nitrogen and oxygen atoms in total. The molecule has 0 aliphatic carbocycles. The monoisotopic (exact) mass is 1070 g/mol. The molecular weight excluding hydrogens is 1000 g/mol. The van der Waals surface area contributed by atoms with Crippen LogP contribution in [0.2, 0.25) is 0 Å². The zero-order valence-corrected chi connectivity index (χ0v) is 43.8. The summed E-state index contributed by atoms with van der Waals surface area (Å²) >= 11 is 0. The van der Waals surface area contributed by atoms with Crippen molar-refractivity contribution in [3.05, 3.63) is 251 Å². The Morgan fingerprint density at radius 1 is 0.329 bits per heavy atom. The van der Waals surface area contributed by atoms with Crippen LogP contribution in [0.25, 0.3) is 0 Å². The van der Waals surface area contributed by atoms with Gasteiger partial charge in [-0.2, -0.15) is 0 Å². The maximum Gasteiger partial charge on any atom is 0.235 e. The Kier molecular flexibility index (Phi) is 20.8. The average Bonchev–Trinajstić information content (AvgIpc) is 3.45. The van der Waals surface area contributed by atoms with Gasteiger partial charge in [-0.3, -0.25) is 0 Å². The van der Waals surface area contributed by atoms with Gasteiger partial charge in [0.25, 0.3) is 0 Å². The van der Waals surface area contributed by atoms with Crippen molar-refractivity contribution < 1.29 is 55.8 Å². The van der Waals surface area contributed by atoms with Gasteiger partial charge in [-0.25, -0.2) is 8.42 Å². The molecule has 0 saturated carbocycles. The molecule has 10 atom stereocenters. The molecule has 2 aliphatic rings. The Labute approximate surface area is 451 Å². The summed E-state index contributed by atoms with van der Waals surface area (Å²) < 4.78 is 95.8. The van der Waals surface area contributed by atoms with Gasteiger partial charge in [-0.1, -0.05) is 212 Å². The van der Waals surface area contributed by atoms with E-state index in [1.807, 2.05) is 212 Å². The van der Waals surface area contributed by atoms with E-state index in [2.05, 4.69) is 0 Å². The molecule has 0 N–H and O–H groups in total. The number of rotatable bonds is 27. The van der Waals surface area contributed by atoms with Crippen LogP contribution in [0.5, 0.6) is 0 Å². The molecule has 2 saturated heterocycles. The molecule has 10 unspecified atom stereocenters. The minimum atomic E-state index is -4.17. The topological polar surface area (TPSA) is 126 Å². The predicted molar refractivity (Wildman–Crippen MR) is 289 cm³/mol. The maximum absolute atomic E-state index is 13.2. The molecule has 2 fully saturated rings. The molecule has 0 spiro atoms. The van der Waals surface area contributed by atoms with Crippen LogP contribution in [0.4, 0.5) is 0 Å². The Morgan fingerprint density at radius 2 is 0.605 bits per heavy atom. The second-order valence-electron chi connectivity index (χ2n) is 18.9. The third-order valence-corrected chi connectivity index (χ3v) is 14.3. The Balaban J connectivity index is 1.13. The van der Waals surface area contributed by atoms with Gasteiger partial charge in [0.05, 0.1) is 65.2 Å². The van der Waals surface area contributed by atoms with Crippen LogP contribution in [-0.2, 0) is 103 Å². The summed E-state index contributed by atoms with van der Waals surface area (Å²) in [6.07, 6.45) is -9.71. The van der Waals surface area contributed by atoms with E-state index in [4.69, 9.17) is 58.1 Å². The van der Waals surface area contributed by atoms with Gasteiger partial charge in [0.1, 0.15) is 54.9 Å². The second-order valence-corrected chi connectivity index (χ2v) is 21.7. The SMILES string of the molecule is O=S(=O)(Cl)CC1OC(COCc2ccccc2)C(OC2OC(COCc3ccccc3)C(OCc3ccccc3)C(OCc3ccccc3)C2OCc2ccccc2)C(OCc2ccccc2)C1OCc1ccccc1. The number of halogens is 1. The highest BCUT2D eigenvalue weighted by Crippen LogP contribution is 2.37. The summed E-state index contributed by atoms with van der Waals surface area (Å²) in [6, 6.07) is 68.7.